The van der Waals surface area contributed by atoms with Crippen LogP contribution in [0.15, 0.2) is 53.4 Å². The molecule has 1 aliphatic rings. The van der Waals surface area contributed by atoms with E-state index in [1.165, 1.54) is 40.7 Å². The van der Waals surface area contributed by atoms with Gasteiger partial charge in [0.2, 0.25) is 10.0 Å². The number of ether oxygens (including phenoxy) is 2. The molecule has 0 N–H and O–H groups in total. The van der Waals surface area contributed by atoms with Crippen LogP contribution >= 0.6 is 0 Å². The molecule has 26 heavy (non-hydrogen) atoms. The molecule has 0 saturated carbocycles. The van der Waals surface area contributed by atoms with E-state index >= 15 is 0 Å². The van der Waals surface area contributed by atoms with Crippen molar-refractivity contribution in [3.8, 4) is 0 Å². The molecule has 0 aromatic heterocycles. The molecule has 0 unspecified atom stereocenters. The molecule has 1 aliphatic heterocycles. The predicted octanol–water partition coefficient (Wildman–Crippen LogP) is 2.20. The van der Waals surface area contributed by atoms with E-state index in [-0.39, 0.29) is 35.7 Å². The summed E-state index contributed by atoms with van der Waals surface area (Å²) < 4.78 is 50.5. The predicted molar refractivity (Wildman–Crippen MR) is 91.5 cm³/mol. The van der Waals surface area contributed by atoms with Gasteiger partial charge in [-0.2, -0.15) is 4.31 Å². The molecular weight excluding hydrogens is 361 g/mol. The first-order chi connectivity index (χ1) is 12.5. The summed E-state index contributed by atoms with van der Waals surface area (Å²) in [5.41, 5.74) is 0.341. The van der Waals surface area contributed by atoms with E-state index in [1.807, 2.05) is 0 Å². The van der Waals surface area contributed by atoms with E-state index in [1.54, 1.807) is 12.1 Å². The lowest BCUT2D eigenvalue weighted by Crippen LogP contribution is -2.40. The van der Waals surface area contributed by atoms with Crippen LogP contribution in [0.3, 0.4) is 0 Å². The zero-order valence-electron chi connectivity index (χ0n) is 13.9. The van der Waals surface area contributed by atoms with Crippen LogP contribution < -0.4 is 0 Å². The van der Waals surface area contributed by atoms with Gasteiger partial charge in [-0.15, -0.1) is 0 Å². The van der Waals surface area contributed by atoms with Crippen molar-refractivity contribution < 1.29 is 27.1 Å². The first-order valence-corrected chi connectivity index (χ1v) is 9.51. The highest BCUT2D eigenvalue weighted by atomic mass is 32.2. The maximum absolute atomic E-state index is 13.6. The number of halogens is 1. The third kappa shape index (κ3) is 4.09. The van der Waals surface area contributed by atoms with Crippen molar-refractivity contribution in [3.05, 3.63) is 65.5 Å². The van der Waals surface area contributed by atoms with Crippen LogP contribution in [0.2, 0.25) is 0 Å². The Morgan fingerprint density at radius 1 is 1.12 bits per heavy atom. The number of sulfonamides is 1. The maximum atomic E-state index is 13.6. The number of esters is 1. The summed E-state index contributed by atoms with van der Waals surface area (Å²) in [5.74, 6) is -1.18. The Kier molecular flexibility index (Phi) is 5.65. The molecule has 0 aliphatic carbocycles. The van der Waals surface area contributed by atoms with E-state index in [2.05, 4.69) is 0 Å². The number of morpholine rings is 1. The molecule has 8 heteroatoms. The third-order valence-corrected chi connectivity index (χ3v) is 5.89. The second-order valence-corrected chi connectivity index (χ2v) is 7.65. The second kappa shape index (κ2) is 7.94. The van der Waals surface area contributed by atoms with Gasteiger partial charge in [-0.25, -0.2) is 17.6 Å². The lowest BCUT2D eigenvalue weighted by Gasteiger charge is -2.26. The Balaban J connectivity index is 1.74. The van der Waals surface area contributed by atoms with E-state index in [4.69, 9.17) is 9.47 Å². The monoisotopic (exact) mass is 379 g/mol. The zero-order chi connectivity index (χ0) is 18.6. The minimum atomic E-state index is -3.71. The van der Waals surface area contributed by atoms with Crippen molar-refractivity contribution in [3.63, 3.8) is 0 Å². The molecular formula is C18H18FNO5S. The number of carbonyl (C=O) groups excluding carboxylic acids is 1. The van der Waals surface area contributed by atoms with E-state index in [0.717, 1.165) is 0 Å². The van der Waals surface area contributed by atoms with Crippen LogP contribution in [0.1, 0.15) is 15.9 Å². The van der Waals surface area contributed by atoms with Crippen LogP contribution in [0, 0.1) is 5.82 Å². The Morgan fingerprint density at radius 2 is 1.85 bits per heavy atom. The van der Waals surface area contributed by atoms with Crippen molar-refractivity contribution in [2.75, 3.05) is 26.3 Å². The Labute approximate surface area is 151 Å². The molecule has 0 bridgehead atoms. The van der Waals surface area contributed by atoms with Crippen molar-refractivity contribution in [1.82, 2.24) is 4.31 Å². The quantitative estimate of drug-likeness (QED) is 0.745. The molecule has 2 aromatic rings. The van der Waals surface area contributed by atoms with Gasteiger partial charge in [0.25, 0.3) is 0 Å². The first kappa shape index (κ1) is 18.5. The highest BCUT2D eigenvalue weighted by Crippen LogP contribution is 2.19. The molecule has 1 fully saturated rings. The van der Waals surface area contributed by atoms with Gasteiger partial charge in [0, 0.05) is 18.7 Å². The van der Waals surface area contributed by atoms with Gasteiger partial charge in [-0.05, 0) is 24.3 Å². The van der Waals surface area contributed by atoms with Crippen LogP contribution in [0.5, 0.6) is 0 Å². The van der Waals surface area contributed by atoms with Crippen LogP contribution in [-0.4, -0.2) is 45.0 Å². The number of carbonyl (C=O) groups is 1. The number of nitrogens with zero attached hydrogens (tertiary/aromatic N) is 1. The van der Waals surface area contributed by atoms with Crippen molar-refractivity contribution in [1.29, 1.82) is 0 Å². The molecule has 6 nitrogen and oxygen atoms in total. The lowest BCUT2D eigenvalue weighted by atomic mass is 10.2. The number of hydrogen-bond acceptors (Lipinski definition) is 5. The summed E-state index contributed by atoms with van der Waals surface area (Å²) >= 11 is 0. The average Bonchev–Trinajstić information content (AvgIpc) is 2.68. The number of benzene rings is 2. The van der Waals surface area contributed by atoms with E-state index in [0.29, 0.717) is 13.2 Å². The standard InChI is InChI=1S/C18H18FNO5S/c19-17-7-2-1-4-15(17)13-25-18(21)14-5-3-6-16(12-14)26(22,23)20-8-10-24-11-9-20/h1-7,12H,8-11,13H2. The zero-order valence-corrected chi connectivity index (χ0v) is 14.7. The van der Waals surface area contributed by atoms with Crippen molar-refractivity contribution in [2.24, 2.45) is 0 Å². The minimum Gasteiger partial charge on any atom is -0.457 e. The van der Waals surface area contributed by atoms with Crippen molar-refractivity contribution in [2.45, 2.75) is 11.5 Å². The SMILES string of the molecule is O=C(OCc1ccccc1F)c1cccc(S(=O)(=O)N2CCOCC2)c1. The summed E-state index contributed by atoms with van der Waals surface area (Å²) in [5, 5.41) is 0. The molecule has 0 spiro atoms. The van der Waals surface area contributed by atoms with E-state index in [9.17, 15) is 17.6 Å². The number of rotatable bonds is 5. The van der Waals surface area contributed by atoms with Gasteiger partial charge in [-0.3, -0.25) is 0 Å². The third-order valence-electron chi connectivity index (χ3n) is 3.99. The van der Waals surface area contributed by atoms with Gasteiger partial charge >= 0.3 is 5.97 Å². The maximum Gasteiger partial charge on any atom is 0.338 e. The topological polar surface area (TPSA) is 72.9 Å². The molecule has 0 amide bonds. The Hall–Kier alpha value is -2.29. The van der Waals surface area contributed by atoms with Crippen LogP contribution in [0.25, 0.3) is 0 Å². The summed E-state index contributed by atoms with van der Waals surface area (Å²) in [6.45, 7) is 0.980. The fraction of sp³-hybridized carbons (Fsp3) is 0.278. The highest BCUT2D eigenvalue weighted by Gasteiger charge is 2.27. The fourth-order valence-corrected chi connectivity index (χ4v) is 4.02. The molecule has 138 valence electrons. The summed E-state index contributed by atoms with van der Waals surface area (Å²) in [7, 11) is -3.71. The highest BCUT2D eigenvalue weighted by molar-refractivity contribution is 7.89. The smallest absolute Gasteiger partial charge is 0.338 e. The van der Waals surface area contributed by atoms with Gasteiger partial charge in [-0.1, -0.05) is 24.3 Å². The Bertz CT molecular complexity index is 894. The lowest BCUT2D eigenvalue weighted by molar-refractivity contribution is 0.0468. The number of hydrogen-bond donors (Lipinski definition) is 0. The van der Waals surface area contributed by atoms with Gasteiger partial charge in [0.15, 0.2) is 0 Å². The largest absolute Gasteiger partial charge is 0.457 e. The molecule has 1 saturated heterocycles. The van der Waals surface area contributed by atoms with Crippen LogP contribution in [0.4, 0.5) is 4.39 Å². The molecule has 0 radical (unpaired) electrons. The average molecular weight is 379 g/mol. The molecule has 0 atom stereocenters. The summed E-state index contributed by atoms with van der Waals surface area (Å²) in [4.78, 5) is 12.2. The molecule has 1 heterocycles. The Morgan fingerprint density at radius 3 is 2.58 bits per heavy atom. The van der Waals surface area contributed by atoms with Crippen LogP contribution in [-0.2, 0) is 26.1 Å². The molecule has 3 rings (SSSR count). The summed E-state index contributed by atoms with van der Waals surface area (Å²) in [6.07, 6.45) is 0. The van der Waals surface area contributed by atoms with Gasteiger partial charge in [0.05, 0.1) is 23.7 Å². The second-order valence-electron chi connectivity index (χ2n) is 5.71. The summed E-state index contributed by atoms with van der Waals surface area (Å²) in [6, 6.07) is 11.6. The van der Waals surface area contributed by atoms with E-state index < -0.39 is 21.8 Å². The van der Waals surface area contributed by atoms with Gasteiger partial charge in [0.1, 0.15) is 12.4 Å². The minimum absolute atomic E-state index is 0.0136. The molecule has 2 aromatic carbocycles. The van der Waals surface area contributed by atoms with Crippen molar-refractivity contribution >= 4 is 16.0 Å². The normalized spacial score (nSPS) is 15.6. The van der Waals surface area contributed by atoms with Gasteiger partial charge < -0.3 is 9.47 Å². The fourth-order valence-electron chi connectivity index (χ4n) is 2.56. The first-order valence-electron chi connectivity index (χ1n) is 8.07.